The van der Waals surface area contributed by atoms with Crippen molar-refractivity contribution in [3.63, 3.8) is 0 Å². The molecule has 1 heterocycles. The molecule has 0 unspecified atom stereocenters. The van der Waals surface area contributed by atoms with Gasteiger partial charge in [-0.1, -0.05) is 19.9 Å². The van der Waals surface area contributed by atoms with Crippen LogP contribution in [0.15, 0.2) is 69.6 Å². The summed E-state index contributed by atoms with van der Waals surface area (Å²) in [5, 5.41) is 2.93. The summed E-state index contributed by atoms with van der Waals surface area (Å²) in [5.41, 5.74) is 4.83. The number of fused-ring (bicyclic) bond motifs is 1. The Balaban J connectivity index is 1.50. The fourth-order valence-corrected chi connectivity index (χ4v) is 3.88. The molecule has 1 atom stereocenters. The first kappa shape index (κ1) is 22.1. The number of hydrogen-bond acceptors (Lipinski definition) is 4. The first-order valence-corrected chi connectivity index (χ1v) is 11.5. The lowest BCUT2D eigenvalue weighted by Gasteiger charge is -2.13. The zero-order chi connectivity index (χ0) is 22.7. The number of rotatable bonds is 7. The van der Waals surface area contributed by atoms with Gasteiger partial charge in [0.2, 0.25) is 5.89 Å². The number of nitrogens with one attached hydrogen (secondary N) is 1. The minimum Gasteiger partial charge on any atom is -0.491 e. The second-order valence-corrected chi connectivity index (χ2v) is 8.55. The van der Waals surface area contributed by atoms with Crippen molar-refractivity contribution >= 4 is 38.6 Å². The molecule has 0 fully saturated rings. The van der Waals surface area contributed by atoms with Gasteiger partial charge in [-0.2, -0.15) is 0 Å². The number of halogens is 1. The second-order valence-electron chi connectivity index (χ2n) is 7.69. The number of anilines is 1. The Bertz CT molecular complexity index is 1250. The van der Waals surface area contributed by atoms with Crippen molar-refractivity contribution in [2.45, 2.75) is 39.7 Å². The predicted molar refractivity (Wildman–Crippen MR) is 131 cm³/mol. The molecular formula is C26H25BrN2O3. The second kappa shape index (κ2) is 9.57. The van der Waals surface area contributed by atoms with Crippen LogP contribution < -0.4 is 10.1 Å². The fraction of sp³-hybridized carbons (Fsp3) is 0.231. The van der Waals surface area contributed by atoms with E-state index in [2.05, 4.69) is 46.1 Å². The van der Waals surface area contributed by atoms with Crippen molar-refractivity contribution in [3.05, 3.63) is 76.3 Å². The van der Waals surface area contributed by atoms with Gasteiger partial charge in [-0.05, 0) is 95.9 Å². The summed E-state index contributed by atoms with van der Waals surface area (Å²) in [4.78, 5) is 17.3. The summed E-state index contributed by atoms with van der Waals surface area (Å²) >= 11 is 3.57. The first-order chi connectivity index (χ1) is 15.5. The van der Waals surface area contributed by atoms with Gasteiger partial charge in [0.1, 0.15) is 11.3 Å². The van der Waals surface area contributed by atoms with Crippen LogP contribution in [-0.4, -0.2) is 17.0 Å². The number of hydrogen-bond donors (Lipinski definition) is 1. The third-order valence-corrected chi connectivity index (χ3v) is 5.90. The van der Waals surface area contributed by atoms with Gasteiger partial charge in [0.05, 0.1) is 10.6 Å². The minimum atomic E-state index is -0.190. The molecule has 0 aliphatic rings. The van der Waals surface area contributed by atoms with Crippen LogP contribution in [0, 0.1) is 0 Å². The fourth-order valence-electron chi connectivity index (χ4n) is 3.30. The van der Waals surface area contributed by atoms with E-state index < -0.39 is 0 Å². The average Bonchev–Trinajstić information content (AvgIpc) is 3.24. The van der Waals surface area contributed by atoms with E-state index in [4.69, 9.17) is 9.15 Å². The highest BCUT2D eigenvalue weighted by atomic mass is 79.9. The Morgan fingerprint density at radius 2 is 1.91 bits per heavy atom. The minimum absolute atomic E-state index is 0.0990. The van der Waals surface area contributed by atoms with Crippen LogP contribution in [0.1, 0.15) is 43.1 Å². The molecule has 3 aromatic carbocycles. The number of aryl methyl sites for hydroxylation is 1. The zero-order valence-electron chi connectivity index (χ0n) is 18.3. The van der Waals surface area contributed by atoms with Gasteiger partial charge >= 0.3 is 0 Å². The van der Waals surface area contributed by atoms with Gasteiger partial charge in [-0.25, -0.2) is 4.98 Å². The van der Waals surface area contributed by atoms with Crippen LogP contribution in [0.2, 0.25) is 0 Å². The maximum absolute atomic E-state index is 12.7. The number of carbonyl (C=O) groups is 1. The van der Waals surface area contributed by atoms with Crippen molar-refractivity contribution in [2.24, 2.45) is 0 Å². The van der Waals surface area contributed by atoms with Crippen molar-refractivity contribution in [1.29, 1.82) is 0 Å². The molecule has 4 rings (SSSR count). The van der Waals surface area contributed by atoms with Crippen LogP contribution in [0.3, 0.4) is 0 Å². The molecule has 0 saturated carbocycles. The molecule has 164 valence electrons. The molecule has 6 heteroatoms. The molecule has 5 nitrogen and oxygen atoms in total. The molecule has 4 aromatic rings. The van der Waals surface area contributed by atoms with E-state index in [0.717, 1.165) is 34.0 Å². The Morgan fingerprint density at radius 3 is 2.62 bits per heavy atom. The summed E-state index contributed by atoms with van der Waals surface area (Å²) in [6.07, 6.45) is 1.93. The monoisotopic (exact) mass is 492 g/mol. The number of ether oxygens (including phenoxy) is 1. The van der Waals surface area contributed by atoms with Crippen LogP contribution in [0.4, 0.5) is 5.69 Å². The van der Waals surface area contributed by atoms with E-state index in [0.29, 0.717) is 22.9 Å². The highest BCUT2D eigenvalue weighted by molar-refractivity contribution is 9.10. The molecule has 0 aliphatic carbocycles. The van der Waals surface area contributed by atoms with Crippen molar-refractivity contribution in [2.75, 3.05) is 5.32 Å². The number of amides is 1. The molecule has 1 aromatic heterocycles. The maximum Gasteiger partial charge on any atom is 0.255 e. The number of nitrogens with zero attached hydrogens (tertiary/aromatic N) is 1. The highest BCUT2D eigenvalue weighted by Crippen LogP contribution is 2.31. The highest BCUT2D eigenvalue weighted by Gasteiger charge is 2.13. The summed E-state index contributed by atoms with van der Waals surface area (Å²) in [6, 6.07) is 18.8. The van der Waals surface area contributed by atoms with Gasteiger partial charge in [0, 0.05) is 16.8 Å². The van der Waals surface area contributed by atoms with E-state index in [1.807, 2.05) is 49.4 Å². The maximum atomic E-state index is 12.7. The molecular weight excluding hydrogens is 468 g/mol. The normalized spacial score (nSPS) is 12.0. The van der Waals surface area contributed by atoms with Gasteiger partial charge in [-0.15, -0.1) is 0 Å². The largest absolute Gasteiger partial charge is 0.491 e. The number of aromatic nitrogens is 1. The first-order valence-electron chi connectivity index (χ1n) is 10.7. The van der Waals surface area contributed by atoms with Crippen LogP contribution in [0.5, 0.6) is 5.75 Å². The van der Waals surface area contributed by atoms with Crippen molar-refractivity contribution in [1.82, 2.24) is 4.98 Å². The van der Waals surface area contributed by atoms with Crippen LogP contribution in [-0.2, 0) is 6.42 Å². The number of oxazole rings is 1. The van der Waals surface area contributed by atoms with Gasteiger partial charge < -0.3 is 14.5 Å². The third kappa shape index (κ3) is 4.86. The number of carbonyl (C=O) groups excluding carboxylic acids is 1. The lowest BCUT2D eigenvalue weighted by Crippen LogP contribution is -2.13. The summed E-state index contributed by atoms with van der Waals surface area (Å²) in [5.74, 6) is 1.04. The Hall–Kier alpha value is -3.12. The standard InChI is InChI=1S/C26H25BrN2O3/c1-4-16(3)31-21-8-6-7-19(15-21)25(30)28-20-11-9-18(10-12-20)26-29-23-14-17(5-2)13-22(27)24(23)32-26/h6-16H,4-5H2,1-3H3,(H,28,30)/t16-/m1/s1. The summed E-state index contributed by atoms with van der Waals surface area (Å²) < 4.78 is 12.7. The molecule has 1 amide bonds. The van der Waals surface area contributed by atoms with Crippen LogP contribution in [0.25, 0.3) is 22.6 Å². The van der Waals surface area contributed by atoms with Gasteiger partial charge in [0.25, 0.3) is 5.91 Å². The zero-order valence-corrected chi connectivity index (χ0v) is 19.9. The van der Waals surface area contributed by atoms with Gasteiger partial charge in [0.15, 0.2) is 5.58 Å². The number of benzene rings is 3. The molecule has 1 N–H and O–H groups in total. The van der Waals surface area contributed by atoms with Crippen LogP contribution >= 0.6 is 15.9 Å². The lowest BCUT2D eigenvalue weighted by molar-refractivity contribution is 0.102. The van der Waals surface area contributed by atoms with E-state index in [-0.39, 0.29) is 12.0 Å². The molecule has 0 bridgehead atoms. The predicted octanol–water partition coefficient (Wildman–Crippen LogP) is 7.25. The lowest BCUT2D eigenvalue weighted by atomic mass is 10.1. The molecule has 0 spiro atoms. The van der Waals surface area contributed by atoms with E-state index in [9.17, 15) is 4.79 Å². The average molecular weight is 493 g/mol. The quantitative estimate of drug-likeness (QED) is 0.295. The molecule has 0 saturated heterocycles. The Morgan fingerprint density at radius 1 is 1.12 bits per heavy atom. The molecule has 32 heavy (non-hydrogen) atoms. The van der Waals surface area contributed by atoms with E-state index >= 15 is 0 Å². The summed E-state index contributed by atoms with van der Waals surface area (Å²) in [6.45, 7) is 6.18. The Labute approximate surface area is 195 Å². The van der Waals surface area contributed by atoms with Crippen molar-refractivity contribution < 1.29 is 13.9 Å². The third-order valence-electron chi connectivity index (χ3n) is 5.31. The molecule has 0 radical (unpaired) electrons. The topological polar surface area (TPSA) is 64.4 Å². The van der Waals surface area contributed by atoms with E-state index in [1.54, 1.807) is 12.1 Å². The van der Waals surface area contributed by atoms with Gasteiger partial charge in [-0.3, -0.25) is 4.79 Å². The van der Waals surface area contributed by atoms with Crippen molar-refractivity contribution in [3.8, 4) is 17.2 Å². The Kier molecular flexibility index (Phi) is 6.61. The summed E-state index contributed by atoms with van der Waals surface area (Å²) in [7, 11) is 0. The smallest absolute Gasteiger partial charge is 0.255 e. The SMILES string of the molecule is CCc1cc(Br)c2oc(-c3ccc(NC(=O)c4cccc(O[C@H](C)CC)c4)cc3)nc2c1. The molecule has 0 aliphatic heterocycles. The van der Waals surface area contributed by atoms with E-state index in [1.165, 1.54) is 5.56 Å².